The van der Waals surface area contributed by atoms with Gasteiger partial charge in [0.2, 0.25) is 10.0 Å². The van der Waals surface area contributed by atoms with Crippen LogP contribution in [0.25, 0.3) is 0 Å². The third-order valence-electron chi connectivity index (χ3n) is 4.64. The number of benzene rings is 1. The fourth-order valence-electron chi connectivity index (χ4n) is 2.86. The van der Waals surface area contributed by atoms with Crippen molar-refractivity contribution in [3.8, 4) is 5.75 Å². The van der Waals surface area contributed by atoms with E-state index in [0.29, 0.717) is 31.5 Å². The summed E-state index contributed by atoms with van der Waals surface area (Å²) in [6, 6.07) is 7.80. The van der Waals surface area contributed by atoms with Gasteiger partial charge in [-0.25, -0.2) is 13.1 Å². The minimum atomic E-state index is -3.26. The molecule has 0 atom stereocenters. The highest BCUT2D eigenvalue weighted by molar-refractivity contribution is 14.0. The summed E-state index contributed by atoms with van der Waals surface area (Å²) >= 11 is 0. The van der Waals surface area contributed by atoms with Crippen molar-refractivity contribution >= 4 is 40.0 Å². The third kappa shape index (κ3) is 7.82. The Hall–Kier alpha value is -1.07. The average Bonchev–Trinajstić information content (AvgIpc) is 2.57. The first-order chi connectivity index (χ1) is 12.4. The molecule has 2 N–H and O–H groups in total. The molecule has 1 aliphatic rings. The molecule has 1 saturated carbocycles. The summed E-state index contributed by atoms with van der Waals surface area (Å²) in [6.45, 7) is 1.48. The van der Waals surface area contributed by atoms with E-state index in [1.807, 2.05) is 36.2 Å². The molecule has 0 spiro atoms. The Morgan fingerprint density at radius 3 is 2.63 bits per heavy atom. The van der Waals surface area contributed by atoms with Gasteiger partial charge >= 0.3 is 0 Å². The van der Waals surface area contributed by atoms with E-state index in [0.717, 1.165) is 24.2 Å². The van der Waals surface area contributed by atoms with E-state index in [9.17, 15) is 8.42 Å². The zero-order valence-corrected chi connectivity index (χ0v) is 19.4. The number of nitrogens with zero attached hydrogens (tertiary/aromatic N) is 2. The summed E-state index contributed by atoms with van der Waals surface area (Å²) in [4.78, 5) is 6.17. The summed E-state index contributed by atoms with van der Waals surface area (Å²) in [5.74, 6) is 2.00. The van der Waals surface area contributed by atoms with Crippen LogP contribution >= 0.6 is 24.0 Å². The molecule has 9 heteroatoms. The van der Waals surface area contributed by atoms with Crippen LogP contribution in [-0.2, 0) is 16.6 Å². The first kappa shape index (κ1) is 24.0. The topological polar surface area (TPSA) is 83.0 Å². The first-order valence-corrected chi connectivity index (χ1v) is 10.6. The molecule has 0 unspecified atom stereocenters. The number of sulfonamides is 1. The molecule has 0 aliphatic heterocycles. The summed E-state index contributed by atoms with van der Waals surface area (Å²) in [7, 11) is 1.98. The normalized spacial score (nSPS) is 14.9. The summed E-state index contributed by atoms with van der Waals surface area (Å²) in [6.07, 6.45) is 3.46. The van der Waals surface area contributed by atoms with E-state index in [4.69, 9.17) is 4.74 Å². The first-order valence-electron chi connectivity index (χ1n) is 8.96. The fraction of sp³-hybridized carbons (Fsp3) is 0.611. The van der Waals surface area contributed by atoms with Gasteiger partial charge in [-0.05, 0) is 24.8 Å². The van der Waals surface area contributed by atoms with Gasteiger partial charge in [0.25, 0.3) is 0 Å². The molecule has 27 heavy (non-hydrogen) atoms. The van der Waals surface area contributed by atoms with Gasteiger partial charge in [0.05, 0.1) is 12.9 Å². The molecule has 154 valence electrons. The lowest BCUT2D eigenvalue weighted by atomic mass is 9.86. The molecule has 0 aromatic heterocycles. The maximum atomic E-state index is 12.1. The van der Waals surface area contributed by atoms with Crippen molar-refractivity contribution in [2.75, 3.05) is 40.0 Å². The molecule has 0 bridgehead atoms. The summed E-state index contributed by atoms with van der Waals surface area (Å²) < 4.78 is 32.2. The molecule has 0 saturated heterocycles. The van der Waals surface area contributed by atoms with Crippen molar-refractivity contribution in [2.24, 2.45) is 10.9 Å². The van der Waals surface area contributed by atoms with E-state index in [2.05, 4.69) is 15.0 Å². The van der Waals surface area contributed by atoms with E-state index in [1.165, 1.54) is 6.42 Å². The number of methoxy groups -OCH3 is 1. The number of aliphatic imine (C=N–C) groups is 1. The molecular weight excluding hydrogens is 479 g/mol. The number of para-hydroxylation sites is 1. The van der Waals surface area contributed by atoms with Crippen LogP contribution in [0.1, 0.15) is 24.8 Å². The minimum absolute atomic E-state index is 0. The molecule has 1 aromatic rings. The van der Waals surface area contributed by atoms with Crippen molar-refractivity contribution < 1.29 is 13.2 Å². The van der Waals surface area contributed by atoms with Crippen LogP contribution < -0.4 is 14.8 Å². The van der Waals surface area contributed by atoms with Gasteiger partial charge in [-0.3, -0.25) is 4.99 Å². The Labute approximate surface area is 180 Å². The van der Waals surface area contributed by atoms with E-state index in [1.54, 1.807) is 14.2 Å². The molecule has 1 fully saturated rings. The number of guanidine groups is 1. The number of rotatable bonds is 9. The van der Waals surface area contributed by atoms with Gasteiger partial charge in [-0.2, -0.15) is 0 Å². The van der Waals surface area contributed by atoms with E-state index >= 15 is 0 Å². The van der Waals surface area contributed by atoms with Crippen LogP contribution in [0.2, 0.25) is 0 Å². The average molecular weight is 510 g/mol. The molecule has 1 aromatic carbocycles. The Balaban J connectivity index is 0.00000364. The number of nitrogens with one attached hydrogen (secondary N) is 2. The lowest BCUT2D eigenvalue weighted by molar-refractivity contribution is 0.316. The predicted octanol–water partition coefficient (Wildman–Crippen LogP) is 2.04. The van der Waals surface area contributed by atoms with Crippen LogP contribution in [0.3, 0.4) is 0 Å². The smallest absolute Gasteiger partial charge is 0.213 e. The molecule has 0 radical (unpaired) electrons. The van der Waals surface area contributed by atoms with Crippen molar-refractivity contribution in [3.63, 3.8) is 0 Å². The molecule has 7 nitrogen and oxygen atoms in total. The quantitative estimate of drug-likeness (QED) is 0.302. The Kier molecular flexibility index (Phi) is 10.4. The maximum absolute atomic E-state index is 12.1. The third-order valence-corrected chi connectivity index (χ3v) is 5.99. The van der Waals surface area contributed by atoms with Gasteiger partial charge in [0.1, 0.15) is 5.75 Å². The Morgan fingerprint density at radius 2 is 2.04 bits per heavy atom. The Bertz CT molecular complexity index is 708. The largest absolute Gasteiger partial charge is 0.496 e. The van der Waals surface area contributed by atoms with Crippen LogP contribution in [0.4, 0.5) is 0 Å². The number of halogens is 1. The van der Waals surface area contributed by atoms with Gasteiger partial charge in [0.15, 0.2) is 5.96 Å². The zero-order valence-electron chi connectivity index (χ0n) is 16.3. The fourth-order valence-corrected chi connectivity index (χ4v) is 3.86. The molecule has 2 rings (SSSR count). The second-order valence-corrected chi connectivity index (χ2v) is 8.53. The highest BCUT2D eigenvalue weighted by atomic mass is 127. The molecule has 1 aliphatic carbocycles. The van der Waals surface area contributed by atoms with Crippen molar-refractivity contribution in [1.82, 2.24) is 14.9 Å². The van der Waals surface area contributed by atoms with Crippen molar-refractivity contribution in [3.05, 3.63) is 29.8 Å². The highest BCUT2D eigenvalue weighted by Gasteiger charge is 2.20. The monoisotopic (exact) mass is 510 g/mol. The van der Waals surface area contributed by atoms with Crippen LogP contribution in [0.15, 0.2) is 29.3 Å². The number of hydrogen-bond donors (Lipinski definition) is 2. The van der Waals surface area contributed by atoms with Gasteiger partial charge in [0, 0.05) is 39.3 Å². The van der Waals surface area contributed by atoms with Gasteiger partial charge in [-0.1, -0.05) is 24.6 Å². The molecule has 0 amide bonds. The van der Waals surface area contributed by atoms with Crippen LogP contribution in [0.5, 0.6) is 5.75 Å². The van der Waals surface area contributed by atoms with Crippen molar-refractivity contribution in [1.29, 1.82) is 0 Å². The number of ether oxygens (including phenoxy) is 1. The summed E-state index contributed by atoms with van der Waals surface area (Å²) in [5.41, 5.74) is 1.04. The molecule has 0 heterocycles. The maximum Gasteiger partial charge on any atom is 0.213 e. The molecular formula is C18H31IN4O3S. The van der Waals surface area contributed by atoms with E-state index < -0.39 is 10.0 Å². The Morgan fingerprint density at radius 1 is 1.33 bits per heavy atom. The zero-order chi connectivity index (χ0) is 19.0. The second-order valence-electron chi connectivity index (χ2n) is 6.61. The SMILES string of the molecule is CN=C(NCCS(=O)(=O)NCC1CCC1)N(C)Cc1ccccc1OC.I. The van der Waals surface area contributed by atoms with Crippen molar-refractivity contribution in [2.45, 2.75) is 25.8 Å². The summed E-state index contributed by atoms with van der Waals surface area (Å²) in [5, 5.41) is 3.11. The van der Waals surface area contributed by atoms with Crippen LogP contribution in [0, 0.1) is 5.92 Å². The van der Waals surface area contributed by atoms with Gasteiger partial charge in [-0.15, -0.1) is 24.0 Å². The van der Waals surface area contributed by atoms with Crippen LogP contribution in [-0.4, -0.2) is 59.3 Å². The standard InChI is InChI=1S/C18H30N4O3S.HI/c1-19-18(22(2)14-16-9-4-5-10-17(16)25-3)20-11-12-26(23,24)21-13-15-7-6-8-15;/h4-5,9-10,15,21H,6-8,11-14H2,1-3H3,(H,19,20);1H. The lowest BCUT2D eigenvalue weighted by Crippen LogP contribution is -2.42. The lowest BCUT2D eigenvalue weighted by Gasteiger charge is -2.25. The van der Waals surface area contributed by atoms with E-state index in [-0.39, 0.29) is 29.7 Å². The minimum Gasteiger partial charge on any atom is -0.496 e. The predicted molar refractivity (Wildman–Crippen MR) is 120 cm³/mol. The van der Waals surface area contributed by atoms with Gasteiger partial charge < -0.3 is 15.0 Å². The second kappa shape index (κ2) is 11.7. The highest BCUT2D eigenvalue weighted by Crippen LogP contribution is 2.25. The number of hydrogen-bond acceptors (Lipinski definition) is 4.